The molecule has 9 heteroatoms. The average Bonchev–Trinajstić information content (AvgIpc) is 3.20. The third-order valence-electron chi connectivity index (χ3n) is 5.75. The lowest BCUT2D eigenvalue weighted by Gasteiger charge is -2.43. The van der Waals surface area contributed by atoms with Gasteiger partial charge in [-0.05, 0) is 43.9 Å². The molecule has 0 unspecified atom stereocenters. The Kier molecular flexibility index (Phi) is 7.40. The van der Waals surface area contributed by atoms with E-state index in [0.29, 0.717) is 18.2 Å². The van der Waals surface area contributed by atoms with E-state index in [9.17, 15) is 14.4 Å². The Labute approximate surface area is 194 Å². The van der Waals surface area contributed by atoms with Crippen LogP contribution >= 0.6 is 0 Å². The number of methoxy groups -OCH3 is 1. The fourth-order valence-electron chi connectivity index (χ4n) is 3.81. The summed E-state index contributed by atoms with van der Waals surface area (Å²) in [6.45, 7) is 8.62. The summed E-state index contributed by atoms with van der Waals surface area (Å²) in [4.78, 5) is 40.7. The Morgan fingerprint density at radius 3 is 2.70 bits per heavy atom. The number of nitrogens with one attached hydrogen (secondary N) is 1. The summed E-state index contributed by atoms with van der Waals surface area (Å²) in [6, 6.07) is 8.80. The molecular weight excluding hydrogens is 424 g/mol. The largest absolute Gasteiger partial charge is 0.497 e. The summed E-state index contributed by atoms with van der Waals surface area (Å²) < 4.78 is 11.8. The predicted molar refractivity (Wildman–Crippen MR) is 122 cm³/mol. The molecule has 178 valence electrons. The first kappa shape index (κ1) is 24.3. The summed E-state index contributed by atoms with van der Waals surface area (Å²) in [5, 5.41) is 7.24. The van der Waals surface area contributed by atoms with Gasteiger partial charge in [-0.15, -0.1) is 0 Å². The van der Waals surface area contributed by atoms with E-state index >= 15 is 0 Å². The van der Waals surface area contributed by atoms with Crippen molar-refractivity contribution in [3.05, 3.63) is 47.3 Å². The van der Waals surface area contributed by atoms with Crippen molar-refractivity contribution < 1.29 is 23.9 Å². The van der Waals surface area contributed by atoms with Crippen molar-refractivity contribution in [2.24, 2.45) is 5.92 Å². The summed E-state index contributed by atoms with van der Waals surface area (Å²) in [7, 11) is 1.58. The van der Waals surface area contributed by atoms with Crippen LogP contribution in [0.4, 0.5) is 0 Å². The van der Waals surface area contributed by atoms with Gasteiger partial charge in [-0.2, -0.15) is 5.10 Å². The topological polar surface area (TPSA) is 103 Å². The van der Waals surface area contributed by atoms with Gasteiger partial charge in [0.2, 0.25) is 5.91 Å². The molecule has 33 heavy (non-hydrogen) atoms. The Balaban J connectivity index is 1.97. The van der Waals surface area contributed by atoms with E-state index in [1.165, 1.54) is 10.7 Å². The molecule has 1 aromatic carbocycles. The van der Waals surface area contributed by atoms with Crippen LogP contribution in [0.3, 0.4) is 0 Å². The highest BCUT2D eigenvalue weighted by molar-refractivity contribution is 6.01. The molecule has 1 aliphatic rings. The number of aromatic nitrogens is 2. The quantitative estimate of drug-likeness (QED) is 0.582. The average molecular weight is 457 g/mol. The minimum atomic E-state index is -1.21. The molecule has 2 aromatic rings. The molecule has 0 saturated carbocycles. The molecule has 1 aromatic heterocycles. The van der Waals surface area contributed by atoms with Crippen molar-refractivity contribution in [3.8, 4) is 5.75 Å². The molecule has 0 bridgehead atoms. The van der Waals surface area contributed by atoms with Gasteiger partial charge in [0.1, 0.15) is 17.0 Å². The van der Waals surface area contributed by atoms with Gasteiger partial charge in [0.25, 0.3) is 5.91 Å². The monoisotopic (exact) mass is 456 g/mol. The lowest BCUT2D eigenvalue weighted by atomic mass is 9.94. The molecular formula is C24H32N4O5. The van der Waals surface area contributed by atoms with E-state index in [0.717, 1.165) is 12.0 Å². The third-order valence-corrected chi connectivity index (χ3v) is 5.75. The minimum Gasteiger partial charge on any atom is -0.497 e. The van der Waals surface area contributed by atoms with Crippen LogP contribution in [0.15, 0.2) is 30.3 Å². The van der Waals surface area contributed by atoms with Crippen LogP contribution in [0, 0.1) is 5.92 Å². The maximum atomic E-state index is 13.6. The first-order valence-electron chi connectivity index (χ1n) is 11.2. The van der Waals surface area contributed by atoms with E-state index in [1.807, 2.05) is 24.3 Å². The Morgan fingerprint density at radius 2 is 2.03 bits per heavy atom. The molecule has 1 N–H and O–H groups in total. The molecule has 9 nitrogen and oxygen atoms in total. The minimum absolute atomic E-state index is 0.0472. The zero-order valence-corrected chi connectivity index (χ0v) is 19.9. The first-order valence-corrected chi connectivity index (χ1v) is 11.2. The highest BCUT2D eigenvalue weighted by atomic mass is 16.5. The van der Waals surface area contributed by atoms with Gasteiger partial charge >= 0.3 is 5.97 Å². The zero-order chi connectivity index (χ0) is 24.2. The summed E-state index contributed by atoms with van der Waals surface area (Å²) in [5.74, 6) is -0.153. The zero-order valence-electron chi connectivity index (χ0n) is 19.9. The van der Waals surface area contributed by atoms with E-state index in [4.69, 9.17) is 9.47 Å². The smallest absolute Gasteiger partial charge is 0.358 e. The number of ether oxygens (including phenoxy) is 2. The van der Waals surface area contributed by atoms with Gasteiger partial charge in [-0.1, -0.05) is 26.0 Å². The number of carbonyl (C=O) groups excluding carboxylic acids is 3. The standard InChI is InChI=1S/C24H32N4O5/c1-6-33-22(30)19-13-20-21(29)27(14-17-8-7-9-18(12-17)32-5)24(4,15-28(20)26-19)23(31)25-11-10-16(2)3/h7-9,12-13,16H,6,10-11,14-15H2,1-5H3,(H,25,31)/t24-/m1/s1. The SMILES string of the molecule is CCOC(=O)c1cc2n(n1)C[C@](C)(C(=O)NCCC(C)C)N(Cc1cccc(OC)c1)C2=O. The van der Waals surface area contributed by atoms with Crippen LogP contribution in [0.25, 0.3) is 0 Å². The lowest BCUT2D eigenvalue weighted by Crippen LogP contribution is -2.63. The molecule has 0 aliphatic carbocycles. The second-order valence-electron chi connectivity index (χ2n) is 8.75. The number of nitrogens with zero attached hydrogens (tertiary/aromatic N) is 3. The van der Waals surface area contributed by atoms with Gasteiger partial charge in [0.15, 0.2) is 5.69 Å². The third kappa shape index (κ3) is 5.18. The highest BCUT2D eigenvalue weighted by Gasteiger charge is 2.48. The molecule has 3 rings (SSSR count). The number of fused-ring (bicyclic) bond motifs is 1. The fraction of sp³-hybridized carbons (Fsp3) is 0.500. The number of amides is 2. The van der Waals surface area contributed by atoms with Gasteiger partial charge < -0.3 is 19.7 Å². The van der Waals surface area contributed by atoms with Crippen LogP contribution in [0.2, 0.25) is 0 Å². The van der Waals surface area contributed by atoms with Crippen LogP contribution in [-0.2, 0) is 22.6 Å². The van der Waals surface area contributed by atoms with Crippen molar-refractivity contribution in [3.63, 3.8) is 0 Å². The van der Waals surface area contributed by atoms with Crippen molar-refractivity contribution in [1.29, 1.82) is 0 Å². The normalized spacial score (nSPS) is 17.6. The molecule has 2 heterocycles. The van der Waals surface area contributed by atoms with Crippen LogP contribution in [0.5, 0.6) is 5.75 Å². The number of rotatable bonds is 9. The number of benzene rings is 1. The van der Waals surface area contributed by atoms with Crippen LogP contribution in [-0.4, -0.2) is 58.3 Å². The summed E-state index contributed by atoms with van der Waals surface area (Å²) >= 11 is 0. The second-order valence-corrected chi connectivity index (χ2v) is 8.75. The molecule has 2 amide bonds. The van der Waals surface area contributed by atoms with E-state index in [1.54, 1.807) is 25.9 Å². The molecule has 1 atom stereocenters. The van der Waals surface area contributed by atoms with Gasteiger partial charge in [0, 0.05) is 19.2 Å². The van der Waals surface area contributed by atoms with E-state index < -0.39 is 11.5 Å². The van der Waals surface area contributed by atoms with Gasteiger partial charge in [-0.3, -0.25) is 14.3 Å². The Bertz CT molecular complexity index is 1030. The number of esters is 1. The Hall–Kier alpha value is -3.36. The van der Waals surface area contributed by atoms with Gasteiger partial charge in [-0.25, -0.2) is 4.79 Å². The maximum absolute atomic E-state index is 13.6. The molecule has 0 fully saturated rings. The van der Waals surface area contributed by atoms with E-state index in [-0.39, 0.29) is 42.9 Å². The fourth-order valence-corrected chi connectivity index (χ4v) is 3.81. The maximum Gasteiger partial charge on any atom is 0.358 e. The van der Waals surface area contributed by atoms with E-state index in [2.05, 4.69) is 24.3 Å². The number of carbonyl (C=O) groups is 3. The highest BCUT2D eigenvalue weighted by Crippen LogP contribution is 2.30. The number of hydrogen-bond donors (Lipinski definition) is 1. The van der Waals surface area contributed by atoms with Crippen molar-refractivity contribution in [2.45, 2.75) is 52.7 Å². The number of hydrogen-bond acceptors (Lipinski definition) is 6. The van der Waals surface area contributed by atoms with Gasteiger partial charge in [0.05, 0.1) is 20.3 Å². The summed E-state index contributed by atoms with van der Waals surface area (Å²) in [5.41, 5.74) is -0.0934. The molecule has 0 spiro atoms. The molecule has 1 aliphatic heterocycles. The first-order chi connectivity index (χ1) is 15.7. The van der Waals surface area contributed by atoms with Crippen LogP contribution in [0.1, 0.15) is 60.7 Å². The Morgan fingerprint density at radius 1 is 1.27 bits per heavy atom. The lowest BCUT2D eigenvalue weighted by molar-refractivity contribution is -0.133. The second kappa shape index (κ2) is 10.1. The molecule has 0 radical (unpaired) electrons. The summed E-state index contributed by atoms with van der Waals surface area (Å²) in [6.07, 6.45) is 0.825. The molecule has 0 saturated heterocycles. The van der Waals surface area contributed by atoms with Crippen LogP contribution < -0.4 is 10.1 Å². The predicted octanol–water partition coefficient (Wildman–Crippen LogP) is 2.65. The van der Waals surface area contributed by atoms with Crippen molar-refractivity contribution in [2.75, 3.05) is 20.3 Å². The van der Waals surface area contributed by atoms with Crippen molar-refractivity contribution in [1.82, 2.24) is 20.0 Å². The van der Waals surface area contributed by atoms with Crippen molar-refractivity contribution >= 4 is 17.8 Å².